The number of nitrogen functional groups attached to an aromatic ring is 1. The van der Waals surface area contributed by atoms with E-state index in [1.807, 2.05) is 12.3 Å². The zero-order chi connectivity index (χ0) is 15.2. The number of nitrogens with one attached hydrogen (secondary N) is 1. The molecular weight excluding hydrogens is 326 g/mol. The summed E-state index contributed by atoms with van der Waals surface area (Å²) >= 11 is 9.13. The number of hydrogen-bond donors (Lipinski definition) is 2. The van der Waals surface area contributed by atoms with Crippen LogP contribution in [0.25, 0.3) is 0 Å². The third-order valence-electron chi connectivity index (χ3n) is 2.66. The third-order valence-corrected chi connectivity index (χ3v) is 5.12. The van der Waals surface area contributed by atoms with E-state index < -0.39 is 0 Å². The number of carbonyl (C=O) groups is 1. The van der Waals surface area contributed by atoms with Crippen molar-refractivity contribution in [2.75, 3.05) is 16.8 Å². The van der Waals surface area contributed by atoms with Crippen LogP contribution < -0.4 is 11.1 Å². The Balaban J connectivity index is 1.72. The second kappa shape index (κ2) is 7.68. The van der Waals surface area contributed by atoms with Gasteiger partial charge < -0.3 is 11.1 Å². The summed E-state index contributed by atoms with van der Waals surface area (Å²) in [5.41, 5.74) is 7.91. The van der Waals surface area contributed by atoms with Crippen molar-refractivity contribution in [2.24, 2.45) is 0 Å². The molecule has 112 valence electrons. The first-order valence-electron chi connectivity index (χ1n) is 6.44. The Morgan fingerprint density at radius 2 is 2.33 bits per heavy atom. The highest BCUT2D eigenvalue weighted by atomic mass is 35.5. The number of nitrogens with two attached hydrogens (primary N) is 1. The first kappa shape index (κ1) is 16.1. The number of aromatic nitrogens is 1. The largest absolute Gasteiger partial charge is 0.397 e. The molecule has 0 unspecified atom stereocenters. The average Bonchev–Trinajstić information content (AvgIpc) is 2.84. The van der Waals surface area contributed by atoms with Crippen LogP contribution in [0.1, 0.15) is 18.5 Å². The Kier molecular flexibility index (Phi) is 5.90. The molecule has 0 aliphatic heterocycles. The first-order chi connectivity index (χ1) is 10.0. The van der Waals surface area contributed by atoms with Gasteiger partial charge in [0.1, 0.15) is 4.34 Å². The van der Waals surface area contributed by atoms with E-state index in [0.29, 0.717) is 22.8 Å². The molecule has 0 bridgehead atoms. The van der Waals surface area contributed by atoms with Gasteiger partial charge >= 0.3 is 0 Å². The Labute approximate surface area is 137 Å². The van der Waals surface area contributed by atoms with Gasteiger partial charge in [-0.15, -0.1) is 11.3 Å². The quantitative estimate of drug-likeness (QED) is 0.469. The average molecular weight is 342 g/mol. The highest BCUT2D eigenvalue weighted by molar-refractivity contribution is 8.01. The lowest BCUT2D eigenvalue weighted by Crippen LogP contribution is -2.12. The van der Waals surface area contributed by atoms with Crippen LogP contribution >= 0.6 is 34.7 Å². The van der Waals surface area contributed by atoms with E-state index in [1.54, 1.807) is 41.3 Å². The van der Waals surface area contributed by atoms with E-state index in [4.69, 9.17) is 17.3 Å². The molecule has 0 aliphatic carbocycles. The molecule has 2 aromatic rings. The number of amides is 1. The van der Waals surface area contributed by atoms with Crippen molar-refractivity contribution in [2.45, 2.75) is 24.1 Å². The zero-order valence-corrected chi connectivity index (χ0v) is 13.9. The van der Waals surface area contributed by atoms with Crippen molar-refractivity contribution in [3.05, 3.63) is 34.3 Å². The Morgan fingerprint density at radius 3 is 3.00 bits per heavy atom. The zero-order valence-electron chi connectivity index (χ0n) is 11.6. The molecule has 3 N–H and O–H groups in total. The maximum atomic E-state index is 11.8. The molecule has 0 spiro atoms. The number of benzene rings is 1. The van der Waals surface area contributed by atoms with Gasteiger partial charge in [0.2, 0.25) is 5.91 Å². The van der Waals surface area contributed by atoms with Gasteiger partial charge in [0, 0.05) is 28.3 Å². The fourth-order valence-electron chi connectivity index (χ4n) is 1.65. The number of hydrogen-bond acceptors (Lipinski definition) is 5. The maximum Gasteiger partial charge on any atom is 0.224 e. The second-order valence-electron chi connectivity index (χ2n) is 4.49. The summed E-state index contributed by atoms with van der Waals surface area (Å²) in [6.07, 6.45) is 1.25. The van der Waals surface area contributed by atoms with Crippen LogP contribution in [0.5, 0.6) is 0 Å². The van der Waals surface area contributed by atoms with Gasteiger partial charge in [-0.25, -0.2) is 4.98 Å². The van der Waals surface area contributed by atoms with Crippen molar-refractivity contribution in [3.63, 3.8) is 0 Å². The summed E-state index contributed by atoms with van der Waals surface area (Å²) in [6, 6.07) is 5.04. The molecule has 1 aromatic heterocycles. The lowest BCUT2D eigenvalue weighted by molar-refractivity contribution is -0.116. The van der Waals surface area contributed by atoms with Gasteiger partial charge in [-0.3, -0.25) is 4.79 Å². The summed E-state index contributed by atoms with van der Waals surface area (Å²) < 4.78 is 1.05. The fraction of sp³-hybridized carbons (Fsp3) is 0.286. The van der Waals surface area contributed by atoms with E-state index in [-0.39, 0.29) is 5.91 Å². The minimum Gasteiger partial charge on any atom is -0.397 e. The second-order valence-corrected chi connectivity index (χ2v) is 7.12. The smallest absolute Gasteiger partial charge is 0.224 e. The van der Waals surface area contributed by atoms with Crippen LogP contribution in [0.2, 0.25) is 5.02 Å². The van der Waals surface area contributed by atoms with Crippen molar-refractivity contribution in [1.29, 1.82) is 0 Å². The number of thioether (sulfide) groups is 1. The molecule has 0 atom stereocenters. The van der Waals surface area contributed by atoms with Crippen LogP contribution in [0.3, 0.4) is 0 Å². The standard InChI is InChI=1S/C14H16ClN3OS2/c1-9-8-21-14(17-9)20-6-2-3-13(19)18-12-5-4-10(15)7-11(12)16/h4-5,7-8H,2-3,6,16H2,1H3,(H,18,19). The molecular formula is C14H16ClN3OS2. The number of aryl methyl sites for hydroxylation is 1. The van der Waals surface area contributed by atoms with Crippen LogP contribution in [0.15, 0.2) is 27.9 Å². The highest BCUT2D eigenvalue weighted by Crippen LogP contribution is 2.24. The molecule has 0 radical (unpaired) electrons. The summed E-state index contributed by atoms with van der Waals surface area (Å²) in [4.78, 5) is 16.2. The molecule has 0 aliphatic rings. The molecule has 1 aromatic carbocycles. The third kappa shape index (κ3) is 5.22. The van der Waals surface area contributed by atoms with Crippen molar-refractivity contribution in [1.82, 2.24) is 4.98 Å². The number of rotatable bonds is 6. The molecule has 4 nitrogen and oxygen atoms in total. The van der Waals surface area contributed by atoms with Crippen molar-refractivity contribution in [3.8, 4) is 0 Å². The van der Waals surface area contributed by atoms with E-state index in [0.717, 1.165) is 22.2 Å². The van der Waals surface area contributed by atoms with Gasteiger partial charge in [0.25, 0.3) is 0 Å². The van der Waals surface area contributed by atoms with Crippen LogP contribution in [0.4, 0.5) is 11.4 Å². The first-order valence-corrected chi connectivity index (χ1v) is 8.69. The van der Waals surface area contributed by atoms with Gasteiger partial charge in [-0.05, 0) is 31.5 Å². The number of anilines is 2. The Bertz CT molecular complexity index is 630. The molecule has 0 saturated heterocycles. The molecule has 0 saturated carbocycles. The monoisotopic (exact) mass is 341 g/mol. The normalized spacial score (nSPS) is 10.6. The molecule has 7 heteroatoms. The highest BCUT2D eigenvalue weighted by Gasteiger charge is 2.06. The van der Waals surface area contributed by atoms with Crippen LogP contribution in [-0.4, -0.2) is 16.6 Å². The Hall–Kier alpha value is -1.24. The number of nitrogens with zero attached hydrogens (tertiary/aromatic N) is 1. The lowest BCUT2D eigenvalue weighted by atomic mass is 10.2. The van der Waals surface area contributed by atoms with E-state index in [2.05, 4.69) is 10.3 Å². The van der Waals surface area contributed by atoms with Crippen molar-refractivity contribution < 1.29 is 4.79 Å². The van der Waals surface area contributed by atoms with Gasteiger partial charge in [0.05, 0.1) is 11.4 Å². The fourth-order valence-corrected chi connectivity index (χ4v) is 3.69. The van der Waals surface area contributed by atoms with Gasteiger partial charge in [-0.1, -0.05) is 23.4 Å². The van der Waals surface area contributed by atoms with Gasteiger partial charge in [-0.2, -0.15) is 0 Å². The maximum absolute atomic E-state index is 11.8. The van der Waals surface area contributed by atoms with Gasteiger partial charge in [0.15, 0.2) is 0 Å². The number of halogens is 1. The predicted octanol–water partition coefficient (Wildman–Crippen LogP) is 4.20. The Morgan fingerprint density at radius 1 is 1.52 bits per heavy atom. The summed E-state index contributed by atoms with van der Waals surface area (Å²) in [5.74, 6) is 0.830. The minimum absolute atomic E-state index is 0.0417. The molecule has 1 heterocycles. The SMILES string of the molecule is Cc1csc(SCCCC(=O)Nc2ccc(Cl)cc2N)n1. The van der Waals surface area contributed by atoms with E-state index in [9.17, 15) is 4.79 Å². The summed E-state index contributed by atoms with van der Waals surface area (Å²) in [7, 11) is 0. The summed E-state index contributed by atoms with van der Waals surface area (Å²) in [6.45, 7) is 1.98. The molecule has 0 fully saturated rings. The minimum atomic E-state index is -0.0417. The lowest BCUT2D eigenvalue weighted by Gasteiger charge is -2.08. The molecule has 1 amide bonds. The van der Waals surface area contributed by atoms with Crippen LogP contribution in [-0.2, 0) is 4.79 Å². The molecule has 2 rings (SSSR count). The molecule has 21 heavy (non-hydrogen) atoms. The number of carbonyl (C=O) groups excluding carboxylic acids is 1. The van der Waals surface area contributed by atoms with E-state index >= 15 is 0 Å². The summed E-state index contributed by atoms with van der Waals surface area (Å²) in [5, 5.41) is 5.38. The van der Waals surface area contributed by atoms with Crippen LogP contribution in [0, 0.1) is 6.92 Å². The topological polar surface area (TPSA) is 68.0 Å². The number of thiazole rings is 1. The van der Waals surface area contributed by atoms with Crippen molar-refractivity contribution >= 4 is 52.0 Å². The van der Waals surface area contributed by atoms with E-state index in [1.165, 1.54) is 0 Å². The predicted molar refractivity (Wildman–Crippen MR) is 91.3 cm³/mol.